The van der Waals surface area contributed by atoms with E-state index in [9.17, 15) is 0 Å². The largest absolute Gasteiger partial charge is 0.398 e. The smallest absolute Gasteiger partial charge is 0.334 e. The fourth-order valence-electron chi connectivity index (χ4n) is 4.99. The molecule has 0 rings (SSSR count). The average molecular weight is 581 g/mol. The third-order valence-electron chi connectivity index (χ3n) is 8.57. The molecule has 0 bridgehead atoms. The molecule has 0 unspecified atom stereocenters. The van der Waals surface area contributed by atoms with Gasteiger partial charge in [-0.25, -0.2) is 0 Å². The van der Waals surface area contributed by atoms with Crippen LogP contribution in [0.25, 0.3) is 0 Å². The van der Waals surface area contributed by atoms with Gasteiger partial charge in [-0.1, -0.05) is 96.3 Å². The highest BCUT2D eigenvalue weighted by Gasteiger charge is 2.29. The Balaban J connectivity index is 4.33. The number of hydrogen-bond acceptors (Lipinski definition) is 6. The van der Waals surface area contributed by atoms with Crippen LogP contribution in [0.4, 0.5) is 0 Å². The maximum absolute atomic E-state index is 5.63. The van der Waals surface area contributed by atoms with Gasteiger partial charge >= 0.3 is 25.7 Å². The molecule has 0 aliphatic heterocycles. The minimum absolute atomic E-state index is 0.882. The number of hydrogen-bond donors (Lipinski definition) is 0. The molecule has 0 N–H and O–H groups in total. The van der Waals surface area contributed by atoms with Crippen molar-refractivity contribution < 1.29 is 26.6 Å². The third kappa shape index (κ3) is 18.4. The van der Waals surface area contributed by atoms with Crippen LogP contribution in [0.15, 0.2) is 0 Å². The summed E-state index contributed by atoms with van der Waals surface area (Å²) in [6, 6.07) is 3.31. The zero-order valence-corrected chi connectivity index (χ0v) is 29.3. The Labute approximate surface area is 234 Å². The standard InChI is InChI=1S/C28H64O6Si3/c1-29-35(7,30-2)25-19-13-10-16-22-28(23-17-11-14-20-26-36(8,31-3)32-4)24-18-12-15-21-27-37(9,33-5)34-6/h28H,10-27H2,1-9H3. The van der Waals surface area contributed by atoms with E-state index in [1.54, 1.807) is 42.7 Å². The second-order valence-electron chi connectivity index (χ2n) is 11.4. The molecule has 0 heterocycles. The van der Waals surface area contributed by atoms with E-state index in [1.807, 2.05) is 0 Å². The van der Waals surface area contributed by atoms with Crippen LogP contribution in [0.1, 0.15) is 96.3 Å². The monoisotopic (exact) mass is 580 g/mol. The van der Waals surface area contributed by atoms with E-state index in [2.05, 4.69) is 19.6 Å². The summed E-state index contributed by atoms with van der Waals surface area (Å²) in [5.41, 5.74) is 0. The first-order chi connectivity index (χ1) is 17.6. The molecule has 0 aliphatic carbocycles. The fraction of sp³-hybridized carbons (Fsp3) is 1.00. The molecule has 0 saturated carbocycles. The van der Waals surface area contributed by atoms with Gasteiger partial charge in [-0.15, -0.1) is 0 Å². The minimum Gasteiger partial charge on any atom is -0.398 e. The molecule has 0 aromatic carbocycles. The van der Waals surface area contributed by atoms with Crippen LogP contribution in [-0.2, 0) is 26.6 Å². The Hall–Kier alpha value is 0.411. The molecule has 9 heteroatoms. The SMILES string of the molecule is CO[Si](C)(CCCCCCC(CCCCCC[Si](C)(OC)OC)CCCCCC[Si](C)(OC)OC)OC. The molecule has 0 atom stereocenters. The highest BCUT2D eigenvalue weighted by atomic mass is 28.4. The summed E-state index contributed by atoms with van der Waals surface area (Å²) in [5, 5.41) is 0. The van der Waals surface area contributed by atoms with E-state index in [0.717, 1.165) is 24.1 Å². The second-order valence-corrected chi connectivity index (χ2v) is 22.1. The molecular formula is C28H64O6Si3. The Kier molecular flexibility index (Phi) is 22.4. The first-order valence-corrected chi connectivity index (χ1v) is 22.5. The van der Waals surface area contributed by atoms with Crippen molar-refractivity contribution in [2.24, 2.45) is 5.92 Å². The number of unbranched alkanes of at least 4 members (excludes halogenated alkanes) is 9. The molecule has 0 aromatic rings. The first kappa shape index (κ1) is 37.4. The Bertz CT molecular complexity index is 443. The average Bonchev–Trinajstić information content (AvgIpc) is 2.93. The lowest BCUT2D eigenvalue weighted by Crippen LogP contribution is -2.35. The van der Waals surface area contributed by atoms with Crippen molar-refractivity contribution in [1.29, 1.82) is 0 Å². The normalized spacial score (nSPS) is 13.1. The van der Waals surface area contributed by atoms with Gasteiger partial charge in [0.2, 0.25) is 0 Å². The molecule has 0 radical (unpaired) electrons. The van der Waals surface area contributed by atoms with E-state index in [1.165, 1.54) is 96.3 Å². The number of rotatable bonds is 27. The molecular weight excluding hydrogens is 517 g/mol. The van der Waals surface area contributed by atoms with Gasteiger partial charge in [-0.2, -0.15) is 0 Å². The minimum atomic E-state index is -1.90. The summed E-state index contributed by atoms with van der Waals surface area (Å²) in [7, 11) is 5.09. The predicted molar refractivity (Wildman–Crippen MR) is 164 cm³/mol. The first-order valence-electron chi connectivity index (χ1n) is 15.0. The van der Waals surface area contributed by atoms with Gasteiger partial charge < -0.3 is 26.6 Å². The van der Waals surface area contributed by atoms with E-state index in [0.29, 0.717) is 0 Å². The van der Waals surface area contributed by atoms with E-state index >= 15 is 0 Å². The molecule has 6 nitrogen and oxygen atoms in total. The van der Waals surface area contributed by atoms with Crippen molar-refractivity contribution >= 4 is 25.7 Å². The van der Waals surface area contributed by atoms with Crippen molar-refractivity contribution in [3.05, 3.63) is 0 Å². The van der Waals surface area contributed by atoms with Crippen LogP contribution in [0, 0.1) is 5.92 Å². The van der Waals surface area contributed by atoms with Crippen LogP contribution < -0.4 is 0 Å². The molecule has 224 valence electrons. The van der Waals surface area contributed by atoms with Gasteiger partial charge in [0.1, 0.15) is 0 Å². The molecule has 0 spiro atoms. The van der Waals surface area contributed by atoms with Gasteiger partial charge in [-0.05, 0) is 43.7 Å². The van der Waals surface area contributed by atoms with Crippen molar-refractivity contribution in [2.75, 3.05) is 42.7 Å². The highest BCUT2D eigenvalue weighted by Crippen LogP contribution is 2.26. The lowest BCUT2D eigenvalue weighted by Gasteiger charge is -2.23. The molecule has 0 aromatic heterocycles. The van der Waals surface area contributed by atoms with Crippen LogP contribution in [0.5, 0.6) is 0 Å². The fourth-order valence-corrected chi connectivity index (χ4v) is 9.39. The Morgan fingerprint density at radius 3 is 0.784 bits per heavy atom. The molecule has 0 fully saturated rings. The summed E-state index contributed by atoms with van der Waals surface area (Å²) >= 11 is 0. The van der Waals surface area contributed by atoms with Crippen LogP contribution in [0.3, 0.4) is 0 Å². The van der Waals surface area contributed by atoms with E-state index in [-0.39, 0.29) is 0 Å². The van der Waals surface area contributed by atoms with Crippen molar-refractivity contribution in [2.45, 2.75) is 134 Å². The van der Waals surface area contributed by atoms with E-state index in [4.69, 9.17) is 26.6 Å². The molecule has 0 amide bonds. The quantitative estimate of drug-likeness (QED) is 0.0716. The van der Waals surface area contributed by atoms with Crippen molar-refractivity contribution in [1.82, 2.24) is 0 Å². The van der Waals surface area contributed by atoms with Gasteiger partial charge in [0.15, 0.2) is 0 Å². The highest BCUT2D eigenvalue weighted by molar-refractivity contribution is 6.66. The van der Waals surface area contributed by atoms with Gasteiger partial charge in [0.05, 0.1) is 0 Å². The van der Waals surface area contributed by atoms with Gasteiger partial charge in [-0.3, -0.25) is 0 Å². The van der Waals surface area contributed by atoms with Crippen molar-refractivity contribution in [3.63, 3.8) is 0 Å². The Morgan fingerprint density at radius 2 is 0.568 bits per heavy atom. The summed E-state index contributed by atoms with van der Waals surface area (Å²) in [6.07, 6.45) is 19.8. The van der Waals surface area contributed by atoms with Crippen LogP contribution in [0.2, 0.25) is 37.8 Å². The van der Waals surface area contributed by atoms with Crippen molar-refractivity contribution in [3.8, 4) is 0 Å². The Morgan fingerprint density at radius 1 is 0.351 bits per heavy atom. The second kappa shape index (κ2) is 22.1. The molecule has 0 saturated heterocycles. The lowest BCUT2D eigenvalue weighted by atomic mass is 9.90. The molecule has 37 heavy (non-hydrogen) atoms. The van der Waals surface area contributed by atoms with Gasteiger partial charge in [0.25, 0.3) is 0 Å². The zero-order chi connectivity index (χ0) is 28.0. The van der Waals surface area contributed by atoms with Crippen LogP contribution >= 0.6 is 0 Å². The third-order valence-corrected chi connectivity index (χ3v) is 17.5. The predicted octanol–water partition coefficient (Wildman–Crippen LogP) is 8.55. The molecule has 0 aliphatic rings. The van der Waals surface area contributed by atoms with E-state index < -0.39 is 25.7 Å². The summed E-state index contributed by atoms with van der Waals surface area (Å²) in [5.74, 6) is 0.882. The summed E-state index contributed by atoms with van der Waals surface area (Å²) in [6.45, 7) is 6.51. The summed E-state index contributed by atoms with van der Waals surface area (Å²) < 4.78 is 33.8. The maximum Gasteiger partial charge on any atom is 0.334 e. The summed E-state index contributed by atoms with van der Waals surface area (Å²) in [4.78, 5) is 0. The van der Waals surface area contributed by atoms with Crippen LogP contribution in [-0.4, -0.2) is 68.3 Å². The maximum atomic E-state index is 5.63. The zero-order valence-electron chi connectivity index (χ0n) is 26.3. The lowest BCUT2D eigenvalue weighted by molar-refractivity contribution is 0.247. The topological polar surface area (TPSA) is 55.4 Å². The van der Waals surface area contributed by atoms with Gasteiger partial charge in [0, 0.05) is 42.7 Å².